The summed E-state index contributed by atoms with van der Waals surface area (Å²) in [4.78, 5) is 13.3. The van der Waals surface area contributed by atoms with E-state index in [1.165, 1.54) is 38.5 Å². The molecule has 16 heavy (non-hydrogen) atoms. The number of piperidine rings is 1. The Balaban J connectivity index is 1.65. The van der Waals surface area contributed by atoms with Crippen molar-refractivity contribution >= 4 is 6.29 Å². The highest BCUT2D eigenvalue weighted by Gasteiger charge is 2.22. The van der Waals surface area contributed by atoms with Gasteiger partial charge in [-0.3, -0.25) is 4.90 Å². The molecular weight excluding hydrogens is 202 g/mol. The van der Waals surface area contributed by atoms with Crippen molar-refractivity contribution in [3.05, 3.63) is 0 Å². The molecule has 2 unspecified atom stereocenters. The number of ether oxygens (including phenoxy) is 1. The number of nitrogens with zero attached hydrogens (tertiary/aromatic N) is 1. The van der Waals surface area contributed by atoms with Crippen LogP contribution in [0.15, 0.2) is 0 Å². The third-order valence-electron chi connectivity index (χ3n) is 3.82. The Hall–Kier alpha value is -0.410. The predicted molar refractivity (Wildman–Crippen MR) is 63.5 cm³/mol. The van der Waals surface area contributed by atoms with Crippen molar-refractivity contribution in [3.63, 3.8) is 0 Å². The number of rotatable bonds is 5. The largest absolute Gasteiger partial charge is 0.378 e. The van der Waals surface area contributed by atoms with Crippen LogP contribution in [0, 0.1) is 0 Å². The van der Waals surface area contributed by atoms with E-state index in [2.05, 4.69) is 4.90 Å². The lowest BCUT2D eigenvalue weighted by molar-refractivity contribution is -0.113. The van der Waals surface area contributed by atoms with E-state index in [4.69, 9.17) is 4.74 Å². The van der Waals surface area contributed by atoms with Gasteiger partial charge in [-0.05, 0) is 51.6 Å². The lowest BCUT2D eigenvalue weighted by Crippen LogP contribution is -2.41. The topological polar surface area (TPSA) is 29.5 Å². The fourth-order valence-corrected chi connectivity index (χ4v) is 2.84. The van der Waals surface area contributed by atoms with Gasteiger partial charge in [-0.15, -0.1) is 0 Å². The minimum atomic E-state index is 0.193. The number of likely N-dealkylation sites (tertiary alicyclic amines) is 1. The standard InChI is InChI=1S/C13H23NO2/c15-11-12-5-1-2-8-14(12)9-3-6-13-7-4-10-16-13/h11-13H,1-10H2. The van der Waals surface area contributed by atoms with E-state index in [-0.39, 0.29) is 6.04 Å². The molecule has 0 aromatic carbocycles. The molecule has 0 saturated carbocycles. The number of aldehydes is 1. The van der Waals surface area contributed by atoms with Gasteiger partial charge in [-0.2, -0.15) is 0 Å². The van der Waals surface area contributed by atoms with E-state index >= 15 is 0 Å². The van der Waals surface area contributed by atoms with Gasteiger partial charge in [-0.25, -0.2) is 0 Å². The second kappa shape index (κ2) is 6.36. The molecule has 2 rings (SSSR count). The first-order valence-corrected chi connectivity index (χ1v) is 6.71. The first kappa shape index (κ1) is 12.1. The summed E-state index contributed by atoms with van der Waals surface area (Å²) in [7, 11) is 0. The van der Waals surface area contributed by atoms with E-state index < -0.39 is 0 Å². The molecular formula is C13H23NO2. The van der Waals surface area contributed by atoms with E-state index in [0.717, 1.165) is 32.4 Å². The summed E-state index contributed by atoms with van der Waals surface area (Å²) < 4.78 is 5.61. The zero-order valence-electron chi connectivity index (χ0n) is 10.1. The van der Waals surface area contributed by atoms with Gasteiger partial charge in [0, 0.05) is 6.61 Å². The number of carbonyl (C=O) groups is 1. The van der Waals surface area contributed by atoms with E-state index in [1.54, 1.807) is 0 Å². The van der Waals surface area contributed by atoms with Gasteiger partial charge in [0.2, 0.25) is 0 Å². The van der Waals surface area contributed by atoms with Crippen molar-refractivity contribution in [2.75, 3.05) is 19.7 Å². The zero-order chi connectivity index (χ0) is 11.2. The molecule has 0 aromatic heterocycles. The van der Waals surface area contributed by atoms with Crippen LogP contribution in [0.4, 0.5) is 0 Å². The molecule has 0 N–H and O–H groups in total. The molecule has 92 valence electrons. The van der Waals surface area contributed by atoms with E-state index in [1.807, 2.05) is 0 Å². The van der Waals surface area contributed by atoms with Crippen LogP contribution in [0.1, 0.15) is 44.9 Å². The maximum absolute atomic E-state index is 10.9. The Bertz CT molecular complexity index is 214. The van der Waals surface area contributed by atoms with Crippen molar-refractivity contribution in [1.82, 2.24) is 4.90 Å². The van der Waals surface area contributed by atoms with Gasteiger partial charge in [-0.1, -0.05) is 6.42 Å². The van der Waals surface area contributed by atoms with E-state index in [0.29, 0.717) is 6.10 Å². The highest BCUT2D eigenvalue weighted by Crippen LogP contribution is 2.19. The Morgan fingerprint density at radius 1 is 1.25 bits per heavy atom. The Kier molecular flexibility index (Phi) is 4.79. The van der Waals surface area contributed by atoms with Gasteiger partial charge < -0.3 is 9.53 Å². The fourth-order valence-electron chi connectivity index (χ4n) is 2.84. The van der Waals surface area contributed by atoms with Crippen LogP contribution in [-0.4, -0.2) is 43.0 Å². The first-order valence-electron chi connectivity index (χ1n) is 6.71. The maximum Gasteiger partial charge on any atom is 0.137 e. The molecule has 2 fully saturated rings. The summed E-state index contributed by atoms with van der Waals surface area (Å²) >= 11 is 0. The highest BCUT2D eigenvalue weighted by atomic mass is 16.5. The van der Waals surface area contributed by atoms with Crippen LogP contribution < -0.4 is 0 Å². The Morgan fingerprint density at radius 2 is 2.19 bits per heavy atom. The third kappa shape index (κ3) is 3.29. The molecule has 0 bridgehead atoms. The van der Waals surface area contributed by atoms with Gasteiger partial charge in [0.25, 0.3) is 0 Å². The molecule has 2 heterocycles. The number of hydrogen-bond donors (Lipinski definition) is 0. The minimum absolute atomic E-state index is 0.193. The average Bonchev–Trinajstić information content (AvgIpc) is 2.83. The van der Waals surface area contributed by atoms with Crippen LogP contribution in [0.3, 0.4) is 0 Å². The minimum Gasteiger partial charge on any atom is -0.378 e. The zero-order valence-corrected chi connectivity index (χ0v) is 10.1. The van der Waals surface area contributed by atoms with Crippen molar-refractivity contribution in [2.45, 2.75) is 57.1 Å². The summed E-state index contributed by atoms with van der Waals surface area (Å²) in [6.07, 6.45) is 9.96. The van der Waals surface area contributed by atoms with Gasteiger partial charge >= 0.3 is 0 Å². The Morgan fingerprint density at radius 3 is 2.94 bits per heavy atom. The summed E-state index contributed by atoms with van der Waals surface area (Å²) in [6, 6.07) is 0.193. The first-order chi connectivity index (χ1) is 7.90. The fraction of sp³-hybridized carbons (Fsp3) is 0.923. The lowest BCUT2D eigenvalue weighted by atomic mass is 10.0. The van der Waals surface area contributed by atoms with Crippen molar-refractivity contribution in [3.8, 4) is 0 Å². The van der Waals surface area contributed by atoms with E-state index in [9.17, 15) is 4.79 Å². The lowest BCUT2D eigenvalue weighted by Gasteiger charge is -2.32. The average molecular weight is 225 g/mol. The molecule has 0 aromatic rings. The molecule has 2 aliphatic heterocycles. The number of hydrogen-bond acceptors (Lipinski definition) is 3. The summed E-state index contributed by atoms with van der Waals surface area (Å²) in [5, 5.41) is 0. The predicted octanol–water partition coefficient (Wildman–Crippen LogP) is 2.00. The SMILES string of the molecule is O=CC1CCCCN1CCCC1CCCO1. The molecule has 0 amide bonds. The van der Waals surface area contributed by atoms with Crippen LogP contribution >= 0.6 is 0 Å². The summed E-state index contributed by atoms with van der Waals surface area (Å²) in [6.45, 7) is 3.13. The molecule has 0 spiro atoms. The molecule has 2 aliphatic rings. The van der Waals surface area contributed by atoms with Gasteiger partial charge in [0.15, 0.2) is 0 Å². The smallest absolute Gasteiger partial charge is 0.137 e. The van der Waals surface area contributed by atoms with Crippen LogP contribution in [-0.2, 0) is 9.53 Å². The van der Waals surface area contributed by atoms with Crippen LogP contribution in [0.2, 0.25) is 0 Å². The highest BCUT2D eigenvalue weighted by molar-refractivity contribution is 5.57. The quantitative estimate of drug-likeness (QED) is 0.670. The maximum atomic E-state index is 10.9. The molecule has 3 nitrogen and oxygen atoms in total. The normalized spacial score (nSPS) is 31.8. The van der Waals surface area contributed by atoms with Gasteiger partial charge in [0.05, 0.1) is 12.1 Å². The third-order valence-corrected chi connectivity index (χ3v) is 3.82. The second-order valence-corrected chi connectivity index (χ2v) is 5.01. The van der Waals surface area contributed by atoms with Gasteiger partial charge in [0.1, 0.15) is 6.29 Å². The Labute approximate surface area is 98.1 Å². The molecule has 0 aliphatic carbocycles. The monoisotopic (exact) mass is 225 g/mol. The second-order valence-electron chi connectivity index (χ2n) is 5.01. The molecule has 2 saturated heterocycles. The van der Waals surface area contributed by atoms with Crippen molar-refractivity contribution in [2.24, 2.45) is 0 Å². The van der Waals surface area contributed by atoms with Crippen LogP contribution in [0.25, 0.3) is 0 Å². The molecule has 0 radical (unpaired) electrons. The molecule has 2 atom stereocenters. The number of carbonyl (C=O) groups excluding carboxylic acids is 1. The molecule has 3 heteroatoms. The van der Waals surface area contributed by atoms with Crippen LogP contribution in [0.5, 0.6) is 0 Å². The summed E-state index contributed by atoms with van der Waals surface area (Å²) in [5.74, 6) is 0. The summed E-state index contributed by atoms with van der Waals surface area (Å²) in [5.41, 5.74) is 0. The van der Waals surface area contributed by atoms with Crippen molar-refractivity contribution in [1.29, 1.82) is 0 Å². The van der Waals surface area contributed by atoms with Crippen molar-refractivity contribution < 1.29 is 9.53 Å².